The molecule has 2 unspecified atom stereocenters. The normalized spacial score (nSPS) is 31.7. The van der Waals surface area contributed by atoms with E-state index in [2.05, 4.69) is 26.1 Å². The van der Waals surface area contributed by atoms with E-state index < -0.39 is 4.32 Å². The Hall–Kier alpha value is -0.0900. The van der Waals surface area contributed by atoms with Gasteiger partial charge in [-0.25, -0.2) is 0 Å². The number of fused-ring (bicyclic) bond motifs is 1. The Morgan fingerprint density at radius 3 is 2.80 bits per heavy atom. The van der Waals surface area contributed by atoms with E-state index in [0.717, 1.165) is 13.0 Å². The van der Waals surface area contributed by atoms with Crippen LogP contribution in [0.5, 0.6) is 0 Å². The molecule has 86 valence electrons. The van der Waals surface area contributed by atoms with Gasteiger partial charge in [-0.15, -0.1) is 0 Å². The number of alkyl halides is 1. The van der Waals surface area contributed by atoms with Gasteiger partial charge in [-0.2, -0.15) is 0 Å². The number of nitrogens with zero attached hydrogens (tertiary/aromatic N) is 1. The second-order valence-electron chi connectivity index (χ2n) is 5.09. The lowest BCUT2D eigenvalue weighted by atomic mass is 10.1. The van der Waals surface area contributed by atoms with Crippen molar-refractivity contribution in [2.75, 3.05) is 13.1 Å². The van der Waals surface area contributed by atoms with Crippen LogP contribution in [0, 0.1) is 0 Å². The molecule has 0 aromatic rings. The number of amides is 1. The minimum Gasteiger partial charge on any atom is -0.351 e. The van der Waals surface area contributed by atoms with Crippen LogP contribution in [0.1, 0.15) is 33.1 Å². The van der Waals surface area contributed by atoms with Crippen LogP contribution in [0.4, 0.5) is 0 Å². The number of nitrogens with one attached hydrogen (secondary N) is 1. The second kappa shape index (κ2) is 4.06. The summed E-state index contributed by atoms with van der Waals surface area (Å²) in [5, 5.41) is 3.16. The summed E-state index contributed by atoms with van der Waals surface area (Å²) in [5.74, 6) is 0.112. The van der Waals surface area contributed by atoms with E-state index in [4.69, 9.17) is 0 Å². The van der Waals surface area contributed by atoms with E-state index in [1.807, 2.05) is 13.8 Å². The molecule has 2 heterocycles. The van der Waals surface area contributed by atoms with Crippen molar-refractivity contribution < 1.29 is 4.79 Å². The van der Waals surface area contributed by atoms with Gasteiger partial charge in [-0.1, -0.05) is 15.9 Å². The summed E-state index contributed by atoms with van der Waals surface area (Å²) in [4.78, 5) is 14.3. The van der Waals surface area contributed by atoms with Crippen LogP contribution in [0.2, 0.25) is 0 Å². The minimum atomic E-state index is -0.445. The van der Waals surface area contributed by atoms with E-state index in [0.29, 0.717) is 12.1 Å². The van der Waals surface area contributed by atoms with Gasteiger partial charge in [0, 0.05) is 18.6 Å². The zero-order chi connectivity index (χ0) is 11.1. The molecule has 0 aromatic heterocycles. The second-order valence-corrected chi connectivity index (χ2v) is 7.07. The number of halogens is 1. The van der Waals surface area contributed by atoms with Crippen LogP contribution in [-0.4, -0.2) is 40.3 Å². The maximum Gasteiger partial charge on any atom is 0.236 e. The molecule has 0 bridgehead atoms. The Kier molecular flexibility index (Phi) is 3.08. The average molecular weight is 275 g/mol. The molecule has 15 heavy (non-hydrogen) atoms. The Morgan fingerprint density at radius 1 is 1.40 bits per heavy atom. The molecule has 2 fully saturated rings. The maximum atomic E-state index is 11.8. The molecule has 0 aliphatic carbocycles. The zero-order valence-corrected chi connectivity index (χ0v) is 11.0. The molecule has 1 amide bonds. The van der Waals surface area contributed by atoms with Gasteiger partial charge in [0.15, 0.2) is 0 Å². The lowest BCUT2D eigenvalue weighted by molar-refractivity contribution is -0.123. The first-order valence-corrected chi connectivity index (χ1v) is 6.52. The van der Waals surface area contributed by atoms with Crippen LogP contribution >= 0.6 is 15.9 Å². The first-order valence-electron chi connectivity index (χ1n) is 5.72. The van der Waals surface area contributed by atoms with Crippen molar-refractivity contribution in [1.29, 1.82) is 0 Å². The number of carbonyl (C=O) groups is 1. The monoisotopic (exact) mass is 274 g/mol. The van der Waals surface area contributed by atoms with Crippen molar-refractivity contribution in [3.05, 3.63) is 0 Å². The highest BCUT2D eigenvalue weighted by atomic mass is 79.9. The molecular weight excluding hydrogens is 256 g/mol. The average Bonchev–Trinajstić information content (AvgIpc) is 2.67. The molecule has 0 aromatic carbocycles. The summed E-state index contributed by atoms with van der Waals surface area (Å²) in [5.41, 5.74) is 0. The van der Waals surface area contributed by atoms with E-state index in [9.17, 15) is 4.79 Å². The van der Waals surface area contributed by atoms with E-state index in [1.54, 1.807) is 0 Å². The molecule has 2 atom stereocenters. The Bertz CT molecular complexity index is 262. The lowest BCUT2D eigenvalue weighted by Crippen LogP contribution is -2.47. The molecule has 0 radical (unpaired) electrons. The van der Waals surface area contributed by atoms with Crippen molar-refractivity contribution in [2.24, 2.45) is 0 Å². The SMILES string of the molecule is CC(C)(Br)C(=O)NC1CCN2CCCC12. The third-order valence-electron chi connectivity index (χ3n) is 3.46. The number of carbonyl (C=O) groups excluding carboxylic acids is 1. The van der Waals surface area contributed by atoms with Crippen LogP contribution in [-0.2, 0) is 4.79 Å². The molecule has 1 N–H and O–H groups in total. The van der Waals surface area contributed by atoms with Gasteiger partial charge < -0.3 is 5.32 Å². The molecular formula is C11H19BrN2O. The first kappa shape index (κ1) is 11.4. The molecule has 4 heteroatoms. The minimum absolute atomic E-state index is 0.112. The fraction of sp³-hybridized carbons (Fsp3) is 0.909. The predicted molar refractivity (Wildman–Crippen MR) is 64.1 cm³/mol. The van der Waals surface area contributed by atoms with Gasteiger partial charge in [0.05, 0.1) is 4.32 Å². The predicted octanol–water partition coefficient (Wildman–Crippen LogP) is 1.51. The third kappa shape index (κ3) is 2.36. The summed E-state index contributed by atoms with van der Waals surface area (Å²) < 4.78 is -0.445. The summed E-state index contributed by atoms with van der Waals surface area (Å²) in [6, 6.07) is 0.973. The smallest absolute Gasteiger partial charge is 0.236 e. The van der Waals surface area contributed by atoms with Crippen LogP contribution in [0.3, 0.4) is 0 Å². The van der Waals surface area contributed by atoms with Gasteiger partial charge in [0.25, 0.3) is 0 Å². The van der Waals surface area contributed by atoms with Gasteiger partial charge in [-0.3, -0.25) is 9.69 Å². The van der Waals surface area contributed by atoms with Gasteiger partial charge in [0.1, 0.15) is 0 Å². The topological polar surface area (TPSA) is 32.3 Å². The molecule has 2 aliphatic heterocycles. The van der Waals surface area contributed by atoms with E-state index >= 15 is 0 Å². The summed E-state index contributed by atoms with van der Waals surface area (Å²) in [6.07, 6.45) is 3.64. The highest BCUT2D eigenvalue weighted by Crippen LogP contribution is 2.28. The number of hydrogen-bond acceptors (Lipinski definition) is 2. The number of hydrogen-bond donors (Lipinski definition) is 1. The molecule has 2 rings (SSSR count). The standard InChI is InChI=1S/C11H19BrN2O/c1-11(2,12)10(15)13-8-5-7-14-6-3-4-9(8)14/h8-9H,3-7H2,1-2H3,(H,13,15). The Labute approximate surface area is 99.7 Å². The highest BCUT2D eigenvalue weighted by molar-refractivity contribution is 9.10. The van der Waals surface area contributed by atoms with Crippen LogP contribution in [0.25, 0.3) is 0 Å². The van der Waals surface area contributed by atoms with Gasteiger partial charge in [0.2, 0.25) is 5.91 Å². The van der Waals surface area contributed by atoms with Crippen molar-refractivity contribution >= 4 is 21.8 Å². The van der Waals surface area contributed by atoms with E-state index in [1.165, 1.54) is 19.4 Å². The van der Waals surface area contributed by atoms with Crippen molar-refractivity contribution in [2.45, 2.75) is 49.5 Å². The van der Waals surface area contributed by atoms with Crippen LogP contribution in [0.15, 0.2) is 0 Å². The fourth-order valence-electron chi connectivity index (χ4n) is 2.59. The highest BCUT2D eigenvalue weighted by Gasteiger charge is 2.39. The maximum absolute atomic E-state index is 11.8. The van der Waals surface area contributed by atoms with Gasteiger partial charge in [-0.05, 0) is 39.7 Å². The Balaban J connectivity index is 1.93. The lowest BCUT2D eigenvalue weighted by Gasteiger charge is -2.24. The zero-order valence-electron chi connectivity index (χ0n) is 9.42. The molecule has 2 aliphatic rings. The molecule has 0 saturated carbocycles. The Morgan fingerprint density at radius 2 is 2.13 bits per heavy atom. The molecule has 3 nitrogen and oxygen atoms in total. The number of rotatable bonds is 2. The third-order valence-corrected chi connectivity index (χ3v) is 3.82. The first-order chi connectivity index (χ1) is 6.98. The van der Waals surface area contributed by atoms with Gasteiger partial charge >= 0.3 is 0 Å². The van der Waals surface area contributed by atoms with Crippen molar-refractivity contribution in [3.63, 3.8) is 0 Å². The van der Waals surface area contributed by atoms with Crippen molar-refractivity contribution in [3.8, 4) is 0 Å². The summed E-state index contributed by atoms with van der Waals surface area (Å²) >= 11 is 3.40. The van der Waals surface area contributed by atoms with E-state index in [-0.39, 0.29) is 5.91 Å². The fourth-order valence-corrected chi connectivity index (χ4v) is 2.71. The van der Waals surface area contributed by atoms with Crippen molar-refractivity contribution in [1.82, 2.24) is 10.2 Å². The summed E-state index contributed by atoms with van der Waals surface area (Å²) in [6.45, 7) is 6.15. The quantitative estimate of drug-likeness (QED) is 0.775. The van der Waals surface area contributed by atoms with Crippen LogP contribution < -0.4 is 5.32 Å². The molecule has 2 saturated heterocycles. The molecule has 0 spiro atoms. The largest absolute Gasteiger partial charge is 0.351 e. The summed E-state index contributed by atoms with van der Waals surface area (Å²) in [7, 11) is 0.